The van der Waals surface area contributed by atoms with Crippen LogP contribution in [-0.4, -0.2) is 28.1 Å². The molecule has 0 aliphatic rings. The van der Waals surface area contributed by atoms with Crippen LogP contribution in [0.4, 0.5) is 15.3 Å². The third-order valence-corrected chi connectivity index (χ3v) is 4.50. The number of carbonyl (C=O) groups is 1. The van der Waals surface area contributed by atoms with Gasteiger partial charge in [-0.05, 0) is 30.3 Å². The van der Waals surface area contributed by atoms with E-state index in [4.69, 9.17) is 0 Å². The number of hydrogen-bond donors (Lipinski definition) is 1. The van der Waals surface area contributed by atoms with Crippen LogP contribution >= 0.6 is 27.3 Å². The molecule has 1 amide bonds. The van der Waals surface area contributed by atoms with Gasteiger partial charge in [-0.15, -0.1) is 10.2 Å². The summed E-state index contributed by atoms with van der Waals surface area (Å²) in [6, 6.07) is 8.18. The standard InChI is InChI=1S/C16H13BrFN5OS/c1-23(8-11-6-12(17)3-4-13(11)18)14-5-2-10(7-19-14)15(24)21-16-22-20-9-25-16/h2-7,9H,8H2,1H3,(H,21,22,24). The molecule has 9 heteroatoms. The number of nitrogens with one attached hydrogen (secondary N) is 1. The molecule has 0 fully saturated rings. The summed E-state index contributed by atoms with van der Waals surface area (Å²) < 4.78 is 14.7. The van der Waals surface area contributed by atoms with Crippen molar-refractivity contribution in [2.75, 3.05) is 17.3 Å². The van der Waals surface area contributed by atoms with E-state index in [1.165, 1.54) is 29.1 Å². The molecule has 3 aromatic rings. The van der Waals surface area contributed by atoms with Crippen LogP contribution in [0.15, 0.2) is 46.5 Å². The molecule has 1 N–H and O–H groups in total. The first-order valence-electron chi connectivity index (χ1n) is 7.21. The second-order valence-corrected chi connectivity index (χ2v) is 6.94. The summed E-state index contributed by atoms with van der Waals surface area (Å²) in [7, 11) is 1.81. The number of benzene rings is 1. The smallest absolute Gasteiger partial charge is 0.259 e. The largest absolute Gasteiger partial charge is 0.355 e. The quantitative estimate of drug-likeness (QED) is 0.679. The molecule has 0 aliphatic heterocycles. The first kappa shape index (κ1) is 17.4. The Morgan fingerprint density at radius 2 is 2.20 bits per heavy atom. The van der Waals surface area contributed by atoms with Gasteiger partial charge < -0.3 is 4.90 Å². The van der Waals surface area contributed by atoms with Crippen molar-refractivity contribution >= 4 is 44.1 Å². The molecule has 0 aliphatic carbocycles. The van der Waals surface area contributed by atoms with Gasteiger partial charge >= 0.3 is 0 Å². The molecule has 0 saturated heterocycles. The van der Waals surface area contributed by atoms with E-state index in [0.717, 1.165) is 4.47 Å². The molecule has 6 nitrogen and oxygen atoms in total. The molecule has 128 valence electrons. The highest BCUT2D eigenvalue weighted by molar-refractivity contribution is 9.10. The highest BCUT2D eigenvalue weighted by Crippen LogP contribution is 2.19. The van der Waals surface area contributed by atoms with Gasteiger partial charge in [-0.1, -0.05) is 27.3 Å². The summed E-state index contributed by atoms with van der Waals surface area (Å²) >= 11 is 4.57. The molecule has 0 unspecified atom stereocenters. The Balaban J connectivity index is 1.69. The van der Waals surface area contributed by atoms with Gasteiger partial charge in [-0.3, -0.25) is 10.1 Å². The summed E-state index contributed by atoms with van der Waals surface area (Å²) in [6.45, 7) is 0.356. The fourth-order valence-corrected chi connectivity index (χ4v) is 2.99. The molecule has 0 radical (unpaired) electrons. The van der Waals surface area contributed by atoms with Crippen LogP contribution < -0.4 is 10.2 Å². The number of rotatable bonds is 5. The predicted molar refractivity (Wildman–Crippen MR) is 98.3 cm³/mol. The Morgan fingerprint density at radius 3 is 2.88 bits per heavy atom. The van der Waals surface area contributed by atoms with Crippen molar-refractivity contribution in [2.45, 2.75) is 6.54 Å². The lowest BCUT2D eigenvalue weighted by Gasteiger charge is -2.19. The molecule has 2 aromatic heterocycles. The Labute approximate surface area is 155 Å². The van der Waals surface area contributed by atoms with Crippen molar-refractivity contribution in [3.05, 3.63) is 63.5 Å². The minimum absolute atomic E-state index is 0.275. The van der Waals surface area contributed by atoms with E-state index in [0.29, 0.717) is 28.6 Å². The van der Waals surface area contributed by atoms with Gasteiger partial charge in [0.15, 0.2) is 0 Å². The molecule has 1 aromatic carbocycles. The lowest BCUT2D eigenvalue weighted by Crippen LogP contribution is -2.19. The minimum Gasteiger partial charge on any atom is -0.355 e. The van der Waals surface area contributed by atoms with Crippen LogP contribution in [0.25, 0.3) is 0 Å². The highest BCUT2D eigenvalue weighted by atomic mass is 79.9. The Kier molecular flexibility index (Phi) is 5.34. The van der Waals surface area contributed by atoms with Crippen molar-refractivity contribution in [1.29, 1.82) is 0 Å². The molecule has 25 heavy (non-hydrogen) atoms. The van der Waals surface area contributed by atoms with Crippen LogP contribution in [0.3, 0.4) is 0 Å². The Hall–Kier alpha value is -2.39. The monoisotopic (exact) mass is 421 g/mol. The maximum absolute atomic E-state index is 13.9. The fraction of sp³-hybridized carbons (Fsp3) is 0.125. The maximum atomic E-state index is 13.9. The van der Waals surface area contributed by atoms with E-state index >= 15 is 0 Å². The SMILES string of the molecule is CN(Cc1cc(Br)ccc1F)c1ccc(C(=O)Nc2nncs2)cn1. The first-order valence-corrected chi connectivity index (χ1v) is 8.89. The zero-order valence-corrected chi connectivity index (χ0v) is 15.5. The number of hydrogen-bond acceptors (Lipinski definition) is 6. The number of nitrogens with zero attached hydrogens (tertiary/aromatic N) is 4. The molecule has 0 saturated carbocycles. The summed E-state index contributed by atoms with van der Waals surface area (Å²) in [6.07, 6.45) is 1.47. The van der Waals surface area contributed by atoms with Crippen LogP contribution in [0.2, 0.25) is 0 Å². The summed E-state index contributed by atoms with van der Waals surface area (Å²) in [5.74, 6) is 0.0476. The zero-order valence-electron chi connectivity index (χ0n) is 13.1. The zero-order chi connectivity index (χ0) is 17.8. The van der Waals surface area contributed by atoms with Gasteiger partial charge in [0, 0.05) is 29.8 Å². The number of anilines is 2. The van der Waals surface area contributed by atoms with Gasteiger partial charge in [-0.2, -0.15) is 0 Å². The van der Waals surface area contributed by atoms with Gasteiger partial charge in [-0.25, -0.2) is 9.37 Å². The van der Waals surface area contributed by atoms with Crippen molar-refractivity contribution in [3.8, 4) is 0 Å². The number of pyridine rings is 1. The molecule has 0 bridgehead atoms. The Bertz CT molecular complexity index is 873. The molecule has 0 spiro atoms. The van der Waals surface area contributed by atoms with Gasteiger partial charge in [0.2, 0.25) is 5.13 Å². The molecular formula is C16H13BrFN5OS. The molecule has 2 heterocycles. The summed E-state index contributed by atoms with van der Waals surface area (Å²) in [5.41, 5.74) is 2.49. The molecule has 0 atom stereocenters. The van der Waals surface area contributed by atoms with Crippen LogP contribution in [0, 0.1) is 5.82 Å². The van der Waals surface area contributed by atoms with E-state index in [2.05, 4.69) is 36.4 Å². The average Bonchev–Trinajstić information content (AvgIpc) is 3.11. The predicted octanol–water partition coefficient (Wildman–Crippen LogP) is 3.72. The number of amides is 1. The van der Waals surface area contributed by atoms with Gasteiger partial charge in [0.05, 0.1) is 5.56 Å². The highest BCUT2D eigenvalue weighted by Gasteiger charge is 2.11. The average molecular weight is 422 g/mol. The van der Waals surface area contributed by atoms with Crippen LogP contribution in [0.1, 0.15) is 15.9 Å². The van der Waals surface area contributed by atoms with Crippen molar-refractivity contribution < 1.29 is 9.18 Å². The van der Waals surface area contributed by atoms with E-state index in [1.807, 2.05) is 7.05 Å². The van der Waals surface area contributed by atoms with Crippen molar-refractivity contribution in [3.63, 3.8) is 0 Å². The third kappa shape index (κ3) is 4.37. The lowest BCUT2D eigenvalue weighted by molar-refractivity contribution is 0.102. The fourth-order valence-electron chi connectivity index (χ4n) is 2.14. The Morgan fingerprint density at radius 1 is 1.36 bits per heavy atom. The second kappa shape index (κ2) is 7.66. The van der Waals surface area contributed by atoms with Crippen LogP contribution in [-0.2, 0) is 6.54 Å². The lowest BCUT2D eigenvalue weighted by atomic mass is 10.2. The number of aromatic nitrogens is 3. The van der Waals surface area contributed by atoms with E-state index in [-0.39, 0.29) is 11.7 Å². The number of carbonyl (C=O) groups excluding carboxylic acids is 1. The maximum Gasteiger partial charge on any atom is 0.259 e. The normalized spacial score (nSPS) is 10.5. The topological polar surface area (TPSA) is 71.0 Å². The van der Waals surface area contributed by atoms with E-state index in [1.54, 1.807) is 29.2 Å². The minimum atomic E-state index is -0.309. The summed E-state index contributed by atoms with van der Waals surface area (Å²) in [5, 5.41) is 10.5. The first-order chi connectivity index (χ1) is 12.0. The second-order valence-electron chi connectivity index (χ2n) is 5.19. The van der Waals surface area contributed by atoms with Crippen molar-refractivity contribution in [2.24, 2.45) is 0 Å². The van der Waals surface area contributed by atoms with E-state index < -0.39 is 0 Å². The third-order valence-electron chi connectivity index (χ3n) is 3.40. The van der Waals surface area contributed by atoms with Gasteiger partial charge in [0.25, 0.3) is 5.91 Å². The number of halogens is 2. The van der Waals surface area contributed by atoms with Crippen molar-refractivity contribution in [1.82, 2.24) is 15.2 Å². The van der Waals surface area contributed by atoms with Crippen LogP contribution in [0.5, 0.6) is 0 Å². The summed E-state index contributed by atoms with van der Waals surface area (Å²) in [4.78, 5) is 18.2. The molecular weight excluding hydrogens is 409 g/mol. The van der Waals surface area contributed by atoms with E-state index in [9.17, 15) is 9.18 Å². The van der Waals surface area contributed by atoms with Gasteiger partial charge in [0.1, 0.15) is 17.1 Å². The molecule has 3 rings (SSSR count).